The van der Waals surface area contributed by atoms with Gasteiger partial charge in [0, 0.05) is 27.1 Å². The van der Waals surface area contributed by atoms with Crippen LogP contribution in [0, 0.1) is 0 Å². The summed E-state index contributed by atoms with van der Waals surface area (Å²) in [5.74, 6) is 0. The number of nitrogens with one attached hydrogen (secondary N) is 1. The van der Waals surface area contributed by atoms with Crippen LogP contribution in [-0.4, -0.2) is 24.7 Å². The summed E-state index contributed by atoms with van der Waals surface area (Å²) >= 11 is 7.32. The highest BCUT2D eigenvalue weighted by atomic mass is 79.9. The average molecular weight is 388 g/mol. The standard InChI is InChI=1S/C15H20Br2N2/c1-2-18-11-8-12-4-5-13(9-11)19(12)15-7-10(16)3-6-14(15)17/h3,6-7,11-13,18H,2,4-5,8-9H2,1H3. The Morgan fingerprint density at radius 1 is 1.21 bits per heavy atom. The second kappa shape index (κ2) is 5.74. The van der Waals surface area contributed by atoms with E-state index in [2.05, 4.69) is 67.2 Å². The van der Waals surface area contributed by atoms with Gasteiger partial charge < -0.3 is 10.2 Å². The molecule has 0 radical (unpaired) electrons. The van der Waals surface area contributed by atoms with E-state index >= 15 is 0 Å². The summed E-state index contributed by atoms with van der Waals surface area (Å²) in [6.07, 6.45) is 5.24. The lowest BCUT2D eigenvalue weighted by Gasteiger charge is -2.41. The van der Waals surface area contributed by atoms with E-state index in [1.165, 1.54) is 40.3 Å². The van der Waals surface area contributed by atoms with Gasteiger partial charge in [0.05, 0.1) is 5.69 Å². The van der Waals surface area contributed by atoms with Gasteiger partial charge in [-0.25, -0.2) is 0 Å². The third kappa shape index (κ3) is 2.72. The summed E-state index contributed by atoms with van der Waals surface area (Å²) in [7, 11) is 0. The van der Waals surface area contributed by atoms with Gasteiger partial charge in [0.25, 0.3) is 0 Å². The van der Waals surface area contributed by atoms with E-state index in [9.17, 15) is 0 Å². The average Bonchev–Trinajstić information content (AvgIpc) is 2.64. The van der Waals surface area contributed by atoms with E-state index in [1.807, 2.05) is 0 Å². The minimum Gasteiger partial charge on any atom is -0.364 e. The molecule has 1 aromatic carbocycles. The van der Waals surface area contributed by atoms with Crippen LogP contribution in [0.25, 0.3) is 0 Å². The monoisotopic (exact) mass is 386 g/mol. The van der Waals surface area contributed by atoms with Crippen LogP contribution in [0.4, 0.5) is 5.69 Å². The van der Waals surface area contributed by atoms with Gasteiger partial charge in [-0.05, 0) is 66.4 Å². The number of fused-ring (bicyclic) bond motifs is 2. The van der Waals surface area contributed by atoms with Crippen molar-refractivity contribution in [3.05, 3.63) is 27.1 Å². The number of nitrogens with zero attached hydrogens (tertiary/aromatic N) is 1. The number of piperidine rings is 1. The molecular weight excluding hydrogens is 368 g/mol. The van der Waals surface area contributed by atoms with Gasteiger partial charge in [0.1, 0.15) is 0 Å². The Kier molecular flexibility index (Phi) is 4.20. The number of halogens is 2. The Hall–Kier alpha value is -0.0600. The molecule has 2 nitrogen and oxygen atoms in total. The minimum absolute atomic E-state index is 0.702. The highest BCUT2D eigenvalue weighted by Crippen LogP contribution is 2.42. The van der Waals surface area contributed by atoms with Gasteiger partial charge in [-0.2, -0.15) is 0 Å². The number of hydrogen-bond acceptors (Lipinski definition) is 2. The minimum atomic E-state index is 0.702. The molecule has 1 N–H and O–H groups in total. The molecule has 2 bridgehead atoms. The van der Waals surface area contributed by atoms with Crippen LogP contribution >= 0.6 is 31.9 Å². The van der Waals surface area contributed by atoms with Crippen molar-refractivity contribution in [3.63, 3.8) is 0 Å². The van der Waals surface area contributed by atoms with Crippen molar-refractivity contribution < 1.29 is 0 Å². The van der Waals surface area contributed by atoms with Crippen molar-refractivity contribution in [1.82, 2.24) is 5.32 Å². The Balaban J connectivity index is 1.85. The summed E-state index contributed by atoms with van der Waals surface area (Å²) < 4.78 is 2.38. The quantitative estimate of drug-likeness (QED) is 0.830. The second-order valence-corrected chi connectivity index (χ2v) is 7.38. The van der Waals surface area contributed by atoms with Gasteiger partial charge in [-0.1, -0.05) is 22.9 Å². The summed E-state index contributed by atoms with van der Waals surface area (Å²) in [6, 6.07) is 8.62. The molecule has 2 fully saturated rings. The molecule has 19 heavy (non-hydrogen) atoms. The van der Waals surface area contributed by atoms with Crippen molar-refractivity contribution >= 4 is 37.5 Å². The van der Waals surface area contributed by atoms with Gasteiger partial charge in [0.15, 0.2) is 0 Å². The number of benzene rings is 1. The van der Waals surface area contributed by atoms with Crippen LogP contribution in [0.15, 0.2) is 27.1 Å². The van der Waals surface area contributed by atoms with Gasteiger partial charge in [0.2, 0.25) is 0 Å². The van der Waals surface area contributed by atoms with E-state index < -0.39 is 0 Å². The smallest absolute Gasteiger partial charge is 0.0526 e. The molecule has 4 heteroatoms. The van der Waals surface area contributed by atoms with Gasteiger partial charge in [-0.3, -0.25) is 0 Å². The maximum atomic E-state index is 3.72. The van der Waals surface area contributed by atoms with Crippen LogP contribution in [0.2, 0.25) is 0 Å². The lowest BCUT2D eigenvalue weighted by molar-refractivity contribution is 0.361. The van der Waals surface area contributed by atoms with E-state index in [1.54, 1.807) is 0 Å². The predicted molar refractivity (Wildman–Crippen MR) is 87.8 cm³/mol. The Morgan fingerprint density at radius 3 is 2.53 bits per heavy atom. The fourth-order valence-corrected chi connectivity index (χ4v) is 4.51. The molecule has 0 aromatic heterocycles. The zero-order chi connectivity index (χ0) is 13.4. The first kappa shape index (κ1) is 13.9. The second-order valence-electron chi connectivity index (χ2n) is 5.61. The van der Waals surface area contributed by atoms with E-state index in [0.717, 1.165) is 6.54 Å². The molecule has 2 atom stereocenters. The fraction of sp³-hybridized carbons (Fsp3) is 0.600. The maximum Gasteiger partial charge on any atom is 0.0526 e. The lowest BCUT2D eigenvalue weighted by Crippen LogP contribution is -2.49. The molecular formula is C15H20Br2N2. The predicted octanol–water partition coefficient (Wildman–Crippen LogP) is 4.32. The first-order chi connectivity index (χ1) is 9.19. The van der Waals surface area contributed by atoms with Crippen molar-refractivity contribution in [2.24, 2.45) is 0 Å². The first-order valence-electron chi connectivity index (χ1n) is 7.15. The topological polar surface area (TPSA) is 15.3 Å². The highest BCUT2D eigenvalue weighted by molar-refractivity contribution is 9.11. The number of rotatable bonds is 3. The van der Waals surface area contributed by atoms with Gasteiger partial charge >= 0.3 is 0 Å². The Bertz CT molecular complexity index is 449. The molecule has 0 saturated carbocycles. The summed E-state index contributed by atoms with van der Waals surface area (Å²) in [6.45, 7) is 3.30. The molecule has 0 spiro atoms. The summed E-state index contributed by atoms with van der Waals surface area (Å²) in [5, 5.41) is 3.64. The molecule has 3 rings (SSSR count). The molecule has 2 aliphatic heterocycles. The largest absolute Gasteiger partial charge is 0.364 e. The summed E-state index contributed by atoms with van der Waals surface area (Å²) in [5.41, 5.74) is 1.36. The van der Waals surface area contributed by atoms with Crippen LogP contribution < -0.4 is 10.2 Å². The van der Waals surface area contributed by atoms with Crippen LogP contribution in [-0.2, 0) is 0 Å². The molecule has 2 unspecified atom stereocenters. The van der Waals surface area contributed by atoms with Crippen LogP contribution in [0.3, 0.4) is 0 Å². The Labute approximate surface area is 132 Å². The number of anilines is 1. The van der Waals surface area contributed by atoms with E-state index in [0.29, 0.717) is 18.1 Å². The zero-order valence-corrected chi connectivity index (χ0v) is 14.4. The molecule has 0 amide bonds. The first-order valence-corrected chi connectivity index (χ1v) is 8.74. The van der Waals surface area contributed by atoms with E-state index in [-0.39, 0.29) is 0 Å². The van der Waals surface area contributed by atoms with Crippen molar-refractivity contribution in [1.29, 1.82) is 0 Å². The SMILES string of the molecule is CCNC1CC2CCC(C1)N2c1cc(Br)ccc1Br. The van der Waals surface area contributed by atoms with Crippen molar-refractivity contribution in [3.8, 4) is 0 Å². The summed E-state index contributed by atoms with van der Waals surface area (Å²) in [4.78, 5) is 2.66. The molecule has 1 aromatic rings. The fourth-order valence-electron chi connectivity index (χ4n) is 3.71. The van der Waals surface area contributed by atoms with Gasteiger partial charge in [-0.15, -0.1) is 0 Å². The molecule has 2 aliphatic rings. The molecule has 104 valence electrons. The Morgan fingerprint density at radius 2 is 1.89 bits per heavy atom. The third-order valence-electron chi connectivity index (χ3n) is 4.41. The lowest BCUT2D eigenvalue weighted by atomic mass is 9.96. The third-order valence-corrected chi connectivity index (χ3v) is 5.58. The van der Waals surface area contributed by atoms with E-state index in [4.69, 9.17) is 0 Å². The molecule has 0 aliphatic carbocycles. The number of hydrogen-bond donors (Lipinski definition) is 1. The van der Waals surface area contributed by atoms with Crippen molar-refractivity contribution in [2.45, 2.75) is 50.7 Å². The molecule has 2 saturated heterocycles. The van der Waals surface area contributed by atoms with Crippen LogP contribution in [0.5, 0.6) is 0 Å². The maximum absolute atomic E-state index is 3.72. The molecule has 2 heterocycles. The van der Waals surface area contributed by atoms with Crippen LogP contribution in [0.1, 0.15) is 32.6 Å². The zero-order valence-electron chi connectivity index (χ0n) is 11.2. The van der Waals surface area contributed by atoms with Crippen molar-refractivity contribution in [2.75, 3.05) is 11.4 Å². The normalized spacial score (nSPS) is 29.8. The highest BCUT2D eigenvalue weighted by Gasteiger charge is 2.41.